The first-order chi connectivity index (χ1) is 14.5. The lowest BCUT2D eigenvalue weighted by Gasteiger charge is -2.05. The van der Waals surface area contributed by atoms with E-state index < -0.39 is 0 Å². The van der Waals surface area contributed by atoms with E-state index in [0.29, 0.717) is 28.5 Å². The molecule has 6 nitrogen and oxygen atoms in total. The summed E-state index contributed by atoms with van der Waals surface area (Å²) in [7, 11) is 1.35. The zero-order valence-electron chi connectivity index (χ0n) is 16.8. The molecule has 0 aliphatic heterocycles. The Bertz CT molecular complexity index is 1340. The molecule has 0 atom stereocenters. The largest absolute Gasteiger partial charge is 0.465 e. The Balaban J connectivity index is 1.66. The summed E-state index contributed by atoms with van der Waals surface area (Å²) in [6.45, 7) is 3.90. The third-order valence-electron chi connectivity index (χ3n) is 4.84. The Morgan fingerprint density at radius 2 is 2.00 bits per heavy atom. The van der Waals surface area contributed by atoms with E-state index in [4.69, 9.17) is 9.15 Å². The molecule has 2 heterocycles. The Kier molecular flexibility index (Phi) is 4.95. The fraction of sp³-hybridized carbons (Fsp3) is 0.125. The third kappa shape index (κ3) is 3.61. The van der Waals surface area contributed by atoms with Crippen LogP contribution in [0.2, 0.25) is 0 Å². The highest BCUT2D eigenvalue weighted by Gasteiger charge is 2.13. The predicted molar refractivity (Wildman–Crippen MR) is 115 cm³/mol. The maximum absolute atomic E-state index is 11.7. The average molecular weight is 397 g/mol. The monoisotopic (exact) mass is 397 g/mol. The van der Waals surface area contributed by atoms with Gasteiger partial charge in [0.25, 0.3) is 0 Å². The number of nitrogens with zero attached hydrogens (tertiary/aromatic N) is 2. The van der Waals surface area contributed by atoms with E-state index in [-0.39, 0.29) is 5.97 Å². The molecule has 0 unspecified atom stereocenters. The number of allylic oxidation sites excluding steroid dienone is 1. The molecule has 4 aromatic rings. The Hall–Kier alpha value is -4.11. The number of methoxy groups -OCH3 is 1. The molecule has 0 spiro atoms. The number of carbonyl (C=O) groups is 1. The second-order valence-corrected chi connectivity index (χ2v) is 7.00. The smallest absolute Gasteiger partial charge is 0.337 e. The van der Waals surface area contributed by atoms with Crippen LogP contribution in [0.4, 0.5) is 0 Å². The Morgan fingerprint density at radius 1 is 1.17 bits per heavy atom. The summed E-state index contributed by atoms with van der Waals surface area (Å²) < 4.78 is 10.7. The highest BCUT2D eigenvalue weighted by Crippen LogP contribution is 2.28. The van der Waals surface area contributed by atoms with Gasteiger partial charge >= 0.3 is 5.97 Å². The molecule has 148 valence electrons. The standard InChI is InChI=1S/C24H19N3O3/c1-14-4-8-20-21(10-14)27-23(26-20)17(13-25)12-18-6-9-22(30-18)19-7-5-16(11-15(19)2)24(28)29-3/h4-12H,1-3H3,(H,26,27)/b17-12-. The first kappa shape index (κ1) is 19.2. The molecule has 2 aromatic carbocycles. The number of aryl methyl sites for hydroxylation is 2. The van der Waals surface area contributed by atoms with Gasteiger partial charge in [-0.15, -0.1) is 0 Å². The summed E-state index contributed by atoms with van der Waals surface area (Å²) in [5.74, 6) is 1.30. The number of hydrogen-bond acceptors (Lipinski definition) is 5. The van der Waals surface area contributed by atoms with Gasteiger partial charge in [-0.25, -0.2) is 9.78 Å². The molecule has 0 saturated heterocycles. The van der Waals surface area contributed by atoms with Gasteiger partial charge in [0.15, 0.2) is 0 Å². The highest BCUT2D eigenvalue weighted by atomic mass is 16.5. The number of hydrogen-bond donors (Lipinski definition) is 1. The summed E-state index contributed by atoms with van der Waals surface area (Å²) in [5, 5.41) is 9.63. The number of aromatic amines is 1. The number of furan rings is 1. The van der Waals surface area contributed by atoms with E-state index in [1.54, 1.807) is 24.3 Å². The van der Waals surface area contributed by atoms with Gasteiger partial charge in [-0.3, -0.25) is 0 Å². The number of imidazole rings is 1. The number of nitrogens with one attached hydrogen (secondary N) is 1. The molecular formula is C24H19N3O3. The predicted octanol–water partition coefficient (Wildman–Crippen LogP) is 5.29. The minimum absolute atomic E-state index is 0.377. The summed E-state index contributed by atoms with van der Waals surface area (Å²) in [5.41, 5.74) is 5.41. The van der Waals surface area contributed by atoms with Crippen molar-refractivity contribution in [3.63, 3.8) is 0 Å². The van der Waals surface area contributed by atoms with Gasteiger partial charge in [-0.1, -0.05) is 12.1 Å². The van der Waals surface area contributed by atoms with Crippen LogP contribution in [0.1, 0.15) is 33.1 Å². The first-order valence-electron chi connectivity index (χ1n) is 9.36. The number of rotatable bonds is 4. The summed E-state index contributed by atoms with van der Waals surface area (Å²) in [6, 6.07) is 17.0. The zero-order chi connectivity index (χ0) is 21.3. The number of ether oxygens (including phenoxy) is 1. The molecule has 30 heavy (non-hydrogen) atoms. The highest BCUT2D eigenvalue weighted by molar-refractivity contribution is 5.91. The summed E-state index contributed by atoms with van der Waals surface area (Å²) in [6.07, 6.45) is 1.66. The van der Waals surface area contributed by atoms with Gasteiger partial charge in [0.05, 0.1) is 29.3 Å². The normalized spacial score (nSPS) is 11.5. The van der Waals surface area contributed by atoms with E-state index in [1.807, 2.05) is 44.2 Å². The Morgan fingerprint density at radius 3 is 2.73 bits per heavy atom. The molecule has 0 bridgehead atoms. The quantitative estimate of drug-likeness (QED) is 0.373. The second kappa shape index (κ2) is 7.72. The van der Waals surface area contributed by atoms with Crippen LogP contribution < -0.4 is 0 Å². The molecule has 0 aliphatic rings. The van der Waals surface area contributed by atoms with Gasteiger partial charge in [0.2, 0.25) is 0 Å². The third-order valence-corrected chi connectivity index (χ3v) is 4.84. The molecular weight excluding hydrogens is 378 g/mol. The molecule has 2 aromatic heterocycles. The second-order valence-electron chi connectivity index (χ2n) is 7.00. The van der Waals surface area contributed by atoms with Crippen molar-refractivity contribution < 1.29 is 13.9 Å². The fourth-order valence-electron chi connectivity index (χ4n) is 3.31. The number of nitriles is 1. The Labute approximate surface area is 173 Å². The van der Waals surface area contributed by atoms with Crippen LogP contribution in [0, 0.1) is 25.2 Å². The molecule has 0 aliphatic carbocycles. The molecule has 0 radical (unpaired) electrons. The van der Waals surface area contributed by atoms with E-state index >= 15 is 0 Å². The maximum atomic E-state index is 11.7. The number of benzene rings is 2. The van der Waals surface area contributed by atoms with E-state index in [1.165, 1.54) is 7.11 Å². The molecule has 4 rings (SSSR count). The summed E-state index contributed by atoms with van der Waals surface area (Å²) in [4.78, 5) is 19.4. The van der Waals surface area contributed by atoms with Crippen LogP contribution in [-0.4, -0.2) is 23.0 Å². The van der Waals surface area contributed by atoms with E-state index in [0.717, 1.165) is 27.7 Å². The van der Waals surface area contributed by atoms with Crippen molar-refractivity contribution in [3.05, 3.63) is 76.8 Å². The van der Waals surface area contributed by atoms with E-state index in [9.17, 15) is 10.1 Å². The molecule has 0 saturated carbocycles. The average Bonchev–Trinajstić information content (AvgIpc) is 3.37. The lowest BCUT2D eigenvalue weighted by molar-refractivity contribution is 0.0600. The molecule has 1 N–H and O–H groups in total. The molecule has 0 fully saturated rings. The number of fused-ring (bicyclic) bond motifs is 1. The van der Waals surface area contributed by atoms with Gasteiger partial charge < -0.3 is 14.1 Å². The van der Waals surface area contributed by atoms with Crippen LogP contribution in [0.25, 0.3) is 34.0 Å². The van der Waals surface area contributed by atoms with Crippen molar-refractivity contribution >= 4 is 28.7 Å². The van der Waals surface area contributed by atoms with Crippen molar-refractivity contribution in [2.24, 2.45) is 0 Å². The summed E-state index contributed by atoms with van der Waals surface area (Å²) >= 11 is 0. The minimum atomic E-state index is -0.382. The number of aromatic nitrogens is 2. The molecule has 0 amide bonds. The van der Waals surface area contributed by atoms with Crippen LogP contribution in [-0.2, 0) is 4.74 Å². The van der Waals surface area contributed by atoms with Crippen molar-refractivity contribution in [1.82, 2.24) is 9.97 Å². The van der Waals surface area contributed by atoms with Crippen LogP contribution in [0.15, 0.2) is 52.9 Å². The molecule has 6 heteroatoms. The van der Waals surface area contributed by atoms with Crippen molar-refractivity contribution in [1.29, 1.82) is 5.26 Å². The maximum Gasteiger partial charge on any atom is 0.337 e. The van der Waals surface area contributed by atoms with Crippen LogP contribution >= 0.6 is 0 Å². The van der Waals surface area contributed by atoms with Crippen LogP contribution in [0.5, 0.6) is 0 Å². The van der Waals surface area contributed by atoms with E-state index in [2.05, 4.69) is 16.0 Å². The fourth-order valence-corrected chi connectivity index (χ4v) is 3.31. The van der Waals surface area contributed by atoms with Crippen molar-refractivity contribution in [2.75, 3.05) is 7.11 Å². The van der Waals surface area contributed by atoms with Crippen molar-refractivity contribution in [3.8, 4) is 17.4 Å². The van der Waals surface area contributed by atoms with Gasteiger partial charge in [0, 0.05) is 11.6 Å². The topological polar surface area (TPSA) is 91.9 Å². The lowest BCUT2D eigenvalue weighted by Crippen LogP contribution is -2.01. The number of esters is 1. The van der Waals surface area contributed by atoms with Crippen LogP contribution in [0.3, 0.4) is 0 Å². The first-order valence-corrected chi connectivity index (χ1v) is 9.36. The minimum Gasteiger partial charge on any atom is -0.465 e. The van der Waals surface area contributed by atoms with Crippen molar-refractivity contribution in [2.45, 2.75) is 13.8 Å². The SMILES string of the molecule is COC(=O)c1ccc(-c2ccc(/C=C(/C#N)c3nc4ccc(C)cc4[nH]3)o2)c(C)c1. The van der Waals surface area contributed by atoms with Gasteiger partial charge in [0.1, 0.15) is 23.4 Å². The number of carbonyl (C=O) groups excluding carboxylic acids is 1. The number of H-pyrrole nitrogens is 1. The zero-order valence-corrected chi connectivity index (χ0v) is 16.8. The van der Waals surface area contributed by atoms with Gasteiger partial charge in [-0.2, -0.15) is 5.26 Å². The van der Waals surface area contributed by atoms with Gasteiger partial charge in [-0.05, 0) is 61.4 Å². The lowest BCUT2D eigenvalue weighted by atomic mass is 10.0.